The van der Waals surface area contributed by atoms with Crippen LogP contribution in [0, 0.1) is 11.8 Å². The smallest absolute Gasteiger partial charge is 0.185 e. The molecule has 0 fully saturated rings. The van der Waals surface area contributed by atoms with E-state index < -0.39 is 0 Å². The first-order valence-corrected chi connectivity index (χ1v) is 6.36. The number of carbonyl (C=O) groups is 1. The first-order valence-electron chi connectivity index (χ1n) is 6.36. The third-order valence-electron chi connectivity index (χ3n) is 3.08. The molecular weight excluding hydrogens is 230 g/mol. The van der Waals surface area contributed by atoms with Gasteiger partial charge in [0.15, 0.2) is 5.78 Å². The number of ether oxygens (including phenoxy) is 1. The standard InChI is InChI=1S/C13H23N3O2/c1-10(2)11(9-14)13(17)12-5-6-15-16(12)7-4-8-18-3/h5-6,10-11H,4,7-9,14H2,1-3H3. The van der Waals surface area contributed by atoms with Crippen molar-refractivity contribution in [3.05, 3.63) is 18.0 Å². The van der Waals surface area contributed by atoms with Crippen LogP contribution in [0.15, 0.2) is 12.3 Å². The Kier molecular flexibility index (Phi) is 6.01. The number of carbonyl (C=O) groups excluding carboxylic acids is 1. The molecule has 5 heteroatoms. The van der Waals surface area contributed by atoms with Gasteiger partial charge in [0.25, 0.3) is 0 Å². The maximum atomic E-state index is 12.4. The first-order chi connectivity index (χ1) is 8.61. The molecule has 1 aromatic rings. The molecule has 102 valence electrons. The van der Waals surface area contributed by atoms with E-state index in [0.29, 0.717) is 25.4 Å². The monoisotopic (exact) mass is 253 g/mol. The van der Waals surface area contributed by atoms with Gasteiger partial charge in [0, 0.05) is 38.9 Å². The molecule has 0 saturated carbocycles. The number of methoxy groups -OCH3 is 1. The van der Waals surface area contributed by atoms with Crippen LogP contribution >= 0.6 is 0 Å². The summed E-state index contributed by atoms with van der Waals surface area (Å²) >= 11 is 0. The van der Waals surface area contributed by atoms with Crippen molar-refractivity contribution in [2.45, 2.75) is 26.8 Å². The zero-order valence-corrected chi connectivity index (χ0v) is 11.4. The van der Waals surface area contributed by atoms with E-state index in [-0.39, 0.29) is 17.6 Å². The third-order valence-corrected chi connectivity index (χ3v) is 3.08. The number of aromatic nitrogens is 2. The van der Waals surface area contributed by atoms with Gasteiger partial charge in [0.1, 0.15) is 5.69 Å². The largest absolute Gasteiger partial charge is 0.385 e. The van der Waals surface area contributed by atoms with Crippen molar-refractivity contribution < 1.29 is 9.53 Å². The fourth-order valence-electron chi connectivity index (χ4n) is 1.95. The predicted octanol–water partition coefficient (Wildman–Crippen LogP) is 1.33. The molecule has 1 rings (SSSR count). The summed E-state index contributed by atoms with van der Waals surface area (Å²) in [6.07, 6.45) is 2.50. The summed E-state index contributed by atoms with van der Waals surface area (Å²) in [7, 11) is 1.67. The van der Waals surface area contributed by atoms with E-state index in [1.54, 1.807) is 24.1 Å². The molecule has 5 nitrogen and oxygen atoms in total. The molecule has 0 aromatic carbocycles. The Morgan fingerprint density at radius 2 is 2.28 bits per heavy atom. The quantitative estimate of drug-likeness (QED) is 0.560. The van der Waals surface area contributed by atoms with E-state index in [1.807, 2.05) is 13.8 Å². The molecule has 0 saturated heterocycles. The SMILES string of the molecule is COCCCn1nccc1C(=O)C(CN)C(C)C. The highest BCUT2D eigenvalue weighted by molar-refractivity contribution is 5.96. The van der Waals surface area contributed by atoms with Crippen LogP contribution in [-0.4, -0.2) is 35.8 Å². The van der Waals surface area contributed by atoms with Crippen LogP contribution < -0.4 is 5.73 Å². The number of hydrogen-bond acceptors (Lipinski definition) is 4. The molecule has 0 radical (unpaired) electrons. The lowest BCUT2D eigenvalue weighted by Gasteiger charge is -2.18. The summed E-state index contributed by atoms with van der Waals surface area (Å²) < 4.78 is 6.74. The van der Waals surface area contributed by atoms with E-state index in [0.717, 1.165) is 6.42 Å². The Balaban J connectivity index is 2.76. The zero-order valence-electron chi connectivity index (χ0n) is 11.4. The lowest BCUT2D eigenvalue weighted by atomic mass is 9.90. The fourth-order valence-corrected chi connectivity index (χ4v) is 1.95. The number of nitrogens with zero attached hydrogens (tertiary/aromatic N) is 2. The van der Waals surface area contributed by atoms with Gasteiger partial charge in [-0.1, -0.05) is 13.8 Å². The summed E-state index contributed by atoms with van der Waals surface area (Å²) in [5.74, 6) is 0.190. The lowest BCUT2D eigenvalue weighted by molar-refractivity contribution is 0.0879. The van der Waals surface area contributed by atoms with Gasteiger partial charge < -0.3 is 10.5 Å². The molecule has 2 N–H and O–H groups in total. The number of rotatable bonds is 8. The van der Waals surface area contributed by atoms with Crippen LogP contribution in [0.5, 0.6) is 0 Å². The molecule has 0 aliphatic heterocycles. The summed E-state index contributed by atoms with van der Waals surface area (Å²) in [6.45, 7) is 5.76. The first kappa shape index (κ1) is 14.9. The average molecular weight is 253 g/mol. The van der Waals surface area contributed by atoms with Gasteiger partial charge >= 0.3 is 0 Å². The van der Waals surface area contributed by atoms with E-state index in [1.165, 1.54) is 0 Å². The summed E-state index contributed by atoms with van der Waals surface area (Å²) in [4.78, 5) is 12.4. The highest BCUT2D eigenvalue weighted by Gasteiger charge is 2.24. The Hall–Kier alpha value is -1.20. The van der Waals surface area contributed by atoms with Crippen LogP contribution in [0.2, 0.25) is 0 Å². The van der Waals surface area contributed by atoms with Crippen LogP contribution in [-0.2, 0) is 11.3 Å². The number of aryl methyl sites for hydroxylation is 1. The van der Waals surface area contributed by atoms with Crippen molar-refractivity contribution in [3.63, 3.8) is 0 Å². The molecule has 0 aliphatic rings. The maximum Gasteiger partial charge on any atom is 0.185 e. The Morgan fingerprint density at radius 3 is 2.83 bits per heavy atom. The van der Waals surface area contributed by atoms with Crippen molar-refractivity contribution in [1.29, 1.82) is 0 Å². The Labute approximate surface area is 108 Å². The minimum absolute atomic E-state index is 0.0856. The number of ketones is 1. The maximum absolute atomic E-state index is 12.4. The number of Topliss-reactive ketones (excluding diaryl/α,β-unsaturated/α-hetero) is 1. The topological polar surface area (TPSA) is 70.1 Å². The van der Waals surface area contributed by atoms with Crippen molar-refractivity contribution in [3.8, 4) is 0 Å². The van der Waals surface area contributed by atoms with Gasteiger partial charge in [0.05, 0.1) is 0 Å². The van der Waals surface area contributed by atoms with Crippen LogP contribution in [0.1, 0.15) is 30.8 Å². The van der Waals surface area contributed by atoms with Crippen LogP contribution in [0.25, 0.3) is 0 Å². The number of hydrogen-bond donors (Lipinski definition) is 1. The molecule has 1 unspecified atom stereocenters. The van der Waals surface area contributed by atoms with Gasteiger partial charge in [0.2, 0.25) is 0 Å². The van der Waals surface area contributed by atoms with Crippen LogP contribution in [0.4, 0.5) is 0 Å². The minimum Gasteiger partial charge on any atom is -0.385 e. The van der Waals surface area contributed by atoms with Crippen molar-refractivity contribution in [1.82, 2.24) is 9.78 Å². The molecule has 0 spiro atoms. The Morgan fingerprint density at radius 1 is 1.56 bits per heavy atom. The summed E-state index contributed by atoms with van der Waals surface area (Å²) in [5, 5.41) is 4.18. The highest BCUT2D eigenvalue weighted by atomic mass is 16.5. The van der Waals surface area contributed by atoms with Gasteiger partial charge in [-0.05, 0) is 18.4 Å². The fraction of sp³-hybridized carbons (Fsp3) is 0.692. The van der Waals surface area contributed by atoms with Gasteiger partial charge in [-0.25, -0.2) is 0 Å². The second kappa shape index (κ2) is 7.28. The molecule has 0 bridgehead atoms. The van der Waals surface area contributed by atoms with E-state index in [2.05, 4.69) is 5.10 Å². The summed E-state index contributed by atoms with van der Waals surface area (Å²) in [5.41, 5.74) is 6.33. The van der Waals surface area contributed by atoms with Crippen molar-refractivity contribution in [2.24, 2.45) is 17.6 Å². The van der Waals surface area contributed by atoms with E-state index in [9.17, 15) is 4.79 Å². The molecule has 18 heavy (non-hydrogen) atoms. The molecule has 0 amide bonds. The number of nitrogens with two attached hydrogens (primary N) is 1. The second-order valence-electron chi connectivity index (χ2n) is 4.74. The predicted molar refractivity (Wildman–Crippen MR) is 70.4 cm³/mol. The van der Waals surface area contributed by atoms with Gasteiger partial charge in [-0.3, -0.25) is 9.48 Å². The molecule has 1 atom stereocenters. The van der Waals surface area contributed by atoms with E-state index >= 15 is 0 Å². The molecule has 1 heterocycles. The molecular formula is C13H23N3O2. The highest BCUT2D eigenvalue weighted by Crippen LogP contribution is 2.16. The summed E-state index contributed by atoms with van der Waals surface area (Å²) in [6, 6.07) is 1.76. The zero-order chi connectivity index (χ0) is 13.5. The Bertz CT molecular complexity index is 374. The van der Waals surface area contributed by atoms with Gasteiger partial charge in [-0.15, -0.1) is 0 Å². The normalized spacial score (nSPS) is 12.9. The molecule has 0 aliphatic carbocycles. The van der Waals surface area contributed by atoms with Crippen LogP contribution in [0.3, 0.4) is 0 Å². The average Bonchev–Trinajstić information content (AvgIpc) is 2.78. The molecule has 1 aromatic heterocycles. The van der Waals surface area contributed by atoms with E-state index in [4.69, 9.17) is 10.5 Å². The third kappa shape index (κ3) is 3.65. The van der Waals surface area contributed by atoms with Crippen molar-refractivity contribution >= 4 is 5.78 Å². The second-order valence-corrected chi connectivity index (χ2v) is 4.74. The van der Waals surface area contributed by atoms with Gasteiger partial charge in [-0.2, -0.15) is 5.10 Å². The lowest BCUT2D eigenvalue weighted by Crippen LogP contribution is -2.30. The van der Waals surface area contributed by atoms with Crippen molar-refractivity contribution in [2.75, 3.05) is 20.3 Å². The minimum atomic E-state index is -0.136.